The van der Waals surface area contributed by atoms with Crippen LogP contribution >= 0.6 is 0 Å². The minimum Gasteiger partial charge on any atom is -0.491 e. The van der Waals surface area contributed by atoms with E-state index in [9.17, 15) is 9.90 Å². The molecular formula is C20H33N3O3. The van der Waals surface area contributed by atoms with Crippen LogP contribution < -0.4 is 10.1 Å². The fourth-order valence-electron chi connectivity index (χ4n) is 3.01. The molecule has 1 aliphatic heterocycles. The quantitative estimate of drug-likeness (QED) is 0.692. The third kappa shape index (κ3) is 6.94. The number of hydrogen-bond acceptors (Lipinski definition) is 5. The normalized spacial score (nSPS) is 18.3. The van der Waals surface area contributed by atoms with E-state index in [0.29, 0.717) is 19.7 Å². The summed E-state index contributed by atoms with van der Waals surface area (Å²) in [5.41, 5.74) is 1.07. The van der Waals surface area contributed by atoms with Gasteiger partial charge in [0, 0.05) is 38.8 Å². The maximum Gasteiger partial charge on any atom is 0.234 e. The highest BCUT2D eigenvalue weighted by molar-refractivity contribution is 5.78. The van der Waals surface area contributed by atoms with Gasteiger partial charge in [0.2, 0.25) is 5.91 Å². The Bertz CT molecular complexity index is 559. The van der Waals surface area contributed by atoms with Crippen molar-refractivity contribution in [3.8, 4) is 5.75 Å². The molecule has 1 heterocycles. The number of β-amino-alcohol motifs (C(OH)–C–C–N with tert-alkyl or cyclic N) is 1. The van der Waals surface area contributed by atoms with Crippen molar-refractivity contribution in [2.24, 2.45) is 0 Å². The molecule has 146 valence electrons. The number of hydrogen-bond donors (Lipinski definition) is 2. The number of rotatable bonds is 9. The van der Waals surface area contributed by atoms with Crippen molar-refractivity contribution in [2.45, 2.75) is 39.3 Å². The molecule has 1 amide bonds. The van der Waals surface area contributed by atoms with Gasteiger partial charge in [0.25, 0.3) is 0 Å². The largest absolute Gasteiger partial charge is 0.491 e. The van der Waals surface area contributed by atoms with E-state index >= 15 is 0 Å². The molecule has 1 saturated heterocycles. The number of amides is 1. The van der Waals surface area contributed by atoms with E-state index in [-0.39, 0.29) is 11.9 Å². The van der Waals surface area contributed by atoms with Crippen LogP contribution in [0.25, 0.3) is 0 Å². The topological polar surface area (TPSA) is 65.0 Å². The standard InChI is InChI=1S/C20H33N3O3/c1-4-17(3)21-20(25)14-23-11-9-22(10-12-23)13-18(24)15-26-19-8-6-5-7-16(19)2/h5-8,17-18,24H,4,9-15H2,1-3H3,(H,21,25). The van der Waals surface area contributed by atoms with Crippen LogP contribution in [-0.2, 0) is 4.79 Å². The number of piperazine rings is 1. The van der Waals surface area contributed by atoms with Gasteiger partial charge in [-0.2, -0.15) is 0 Å². The lowest BCUT2D eigenvalue weighted by molar-refractivity contribution is -0.123. The monoisotopic (exact) mass is 363 g/mol. The van der Waals surface area contributed by atoms with Gasteiger partial charge >= 0.3 is 0 Å². The van der Waals surface area contributed by atoms with Crippen LogP contribution in [0.2, 0.25) is 0 Å². The summed E-state index contributed by atoms with van der Waals surface area (Å²) >= 11 is 0. The number of benzene rings is 1. The lowest BCUT2D eigenvalue weighted by atomic mass is 10.2. The highest BCUT2D eigenvalue weighted by atomic mass is 16.5. The summed E-state index contributed by atoms with van der Waals surface area (Å²) in [6.07, 6.45) is 0.428. The highest BCUT2D eigenvalue weighted by Gasteiger charge is 2.21. The molecule has 1 aliphatic rings. The zero-order chi connectivity index (χ0) is 18.9. The lowest BCUT2D eigenvalue weighted by Crippen LogP contribution is -2.51. The van der Waals surface area contributed by atoms with Crippen molar-refractivity contribution in [3.05, 3.63) is 29.8 Å². The molecule has 6 nitrogen and oxygen atoms in total. The molecule has 6 heteroatoms. The molecule has 0 aliphatic carbocycles. The third-order valence-electron chi connectivity index (χ3n) is 4.85. The van der Waals surface area contributed by atoms with Crippen molar-refractivity contribution >= 4 is 5.91 Å². The zero-order valence-corrected chi connectivity index (χ0v) is 16.3. The molecule has 1 aromatic rings. The number of nitrogens with one attached hydrogen (secondary N) is 1. The molecule has 2 atom stereocenters. The van der Waals surface area contributed by atoms with Crippen molar-refractivity contribution < 1.29 is 14.6 Å². The van der Waals surface area contributed by atoms with E-state index in [1.165, 1.54) is 0 Å². The van der Waals surface area contributed by atoms with Crippen molar-refractivity contribution in [1.82, 2.24) is 15.1 Å². The number of nitrogens with zero attached hydrogens (tertiary/aromatic N) is 2. The molecule has 1 fully saturated rings. The Labute approximate surface area is 157 Å². The Morgan fingerprint density at radius 2 is 1.88 bits per heavy atom. The molecule has 0 radical (unpaired) electrons. The molecule has 0 aromatic heterocycles. The fourth-order valence-corrected chi connectivity index (χ4v) is 3.01. The van der Waals surface area contributed by atoms with Gasteiger partial charge in [0.1, 0.15) is 18.5 Å². The Kier molecular flexibility index (Phi) is 8.35. The first kappa shape index (κ1) is 20.7. The molecular weight excluding hydrogens is 330 g/mol. The second-order valence-electron chi connectivity index (χ2n) is 7.18. The van der Waals surface area contributed by atoms with E-state index in [2.05, 4.69) is 22.0 Å². The van der Waals surface area contributed by atoms with Crippen LogP contribution in [0, 0.1) is 6.92 Å². The Balaban J connectivity index is 1.65. The van der Waals surface area contributed by atoms with Crippen LogP contribution in [0.3, 0.4) is 0 Å². The van der Waals surface area contributed by atoms with Gasteiger partial charge in [-0.3, -0.25) is 14.6 Å². The zero-order valence-electron chi connectivity index (χ0n) is 16.3. The van der Waals surface area contributed by atoms with Crippen molar-refractivity contribution in [1.29, 1.82) is 0 Å². The summed E-state index contributed by atoms with van der Waals surface area (Å²) in [6, 6.07) is 8.06. The van der Waals surface area contributed by atoms with Crippen LogP contribution in [0.15, 0.2) is 24.3 Å². The first-order valence-electron chi connectivity index (χ1n) is 9.58. The third-order valence-corrected chi connectivity index (χ3v) is 4.85. The van der Waals surface area contributed by atoms with Gasteiger partial charge in [-0.15, -0.1) is 0 Å². The Morgan fingerprint density at radius 1 is 1.23 bits per heavy atom. The predicted molar refractivity (Wildman–Crippen MR) is 103 cm³/mol. The number of aliphatic hydroxyl groups excluding tert-OH is 1. The van der Waals surface area contributed by atoms with Gasteiger partial charge in [-0.05, 0) is 31.9 Å². The van der Waals surface area contributed by atoms with E-state index in [4.69, 9.17) is 4.74 Å². The number of aliphatic hydroxyl groups is 1. The van der Waals surface area contributed by atoms with Gasteiger partial charge in [-0.1, -0.05) is 25.1 Å². The summed E-state index contributed by atoms with van der Waals surface area (Å²) in [7, 11) is 0. The molecule has 1 aromatic carbocycles. The van der Waals surface area contributed by atoms with Crippen molar-refractivity contribution in [3.63, 3.8) is 0 Å². The van der Waals surface area contributed by atoms with E-state index in [1.54, 1.807) is 0 Å². The number of para-hydroxylation sites is 1. The lowest BCUT2D eigenvalue weighted by Gasteiger charge is -2.35. The second kappa shape index (κ2) is 10.5. The van der Waals surface area contributed by atoms with Crippen LogP contribution in [0.1, 0.15) is 25.8 Å². The van der Waals surface area contributed by atoms with Gasteiger partial charge in [0.15, 0.2) is 0 Å². The summed E-state index contributed by atoms with van der Waals surface area (Å²) < 4.78 is 5.72. The summed E-state index contributed by atoms with van der Waals surface area (Å²) in [5.74, 6) is 0.920. The summed E-state index contributed by atoms with van der Waals surface area (Å²) in [5, 5.41) is 13.3. The summed E-state index contributed by atoms with van der Waals surface area (Å²) in [6.45, 7) is 10.8. The SMILES string of the molecule is CCC(C)NC(=O)CN1CCN(CC(O)COc2ccccc2C)CC1. The van der Waals surface area contributed by atoms with Crippen LogP contribution in [0.5, 0.6) is 5.75 Å². The van der Waals surface area contributed by atoms with Crippen LogP contribution in [0.4, 0.5) is 0 Å². The molecule has 2 unspecified atom stereocenters. The maximum atomic E-state index is 12.0. The second-order valence-corrected chi connectivity index (χ2v) is 7.18. The number of ether oxygens (including phenoxy) is 1. The molecule has 0 spiro atoms. The van der Waals surface area contributed by atoms with E-state index < -0.39 is 6.10 Å². The smallest absolute Gasteiger partial charge is 0.234 e. The average molecular weight is 364 g/mol. The molecule has 0 saturated carbocycles. The predicted octanol–water partition coefficient (Wildman–Crippen LogP) is 1.27. The highest BCUT2D eigenvalue weighted by Crippen LogP contribution is 2.16. The number of carbonyl (C=O) groups is 1. The summed E-state index contributed by atoms with van der Waals surface area (Å²) in [4.78, 5) is 16.4. The Morgan fingerprint density at radius 3 is 2.54 bits per heavy atom. The molecule has 26 heavy (non-hydrogen) atoms. The molecule has 2 N–H and O–H groups in total. The average Bonchev–Trinajstić information content (AvgIpc) is 2.62. The minimum atomic E-state index is -0.519. The Hall–Kier alpha value is -1.63. The van der Waals surface area contributed by atoms with Crippen molar-refractivity contribution in [2.75, 3.05) is 45.9 Å². The number of aryl methyl sites for hydroxylation is 1. The van der Waals surface area contributed by atoms with E-state index in [0.717, 1.165) is 43.9 Å². The molecule has 2 rings (SSSR count). The molecule has 0 bridgehead atoms. The maximum absolute atomic E-state index is 12.0. The van der Waals surface area contributed by atoms with E-state index in [1.807, 2.05) is 38.1 Å². The van der Waals surface area contributed by atoms with Gasteiger partial charge < -0.3 is 15.2 Å². The van der Waals surface area contributed by atoms with Gasteiger partial charge in [0.05, 0.1) is 6.54 Å². The first-order valence-corrected chi connectivity index (χ1v) is 9.58. The minimum absolute atomic E-state index is 0.0967. The fraction of sp³-hybridized carbons (Fsp3) is 0.650. The first-order chi connectivity index (χ1) is 12.5. The number of carbonyl (C=O) groups excluding carboxylic acids is 1. The van der Waals surface area contributed by atoms with Crippen LogP contribution in [-0.4, -0.2) is 78.8 Å². The van der Waals surface area contributed by atoms with Gasteiger partial charge in [-0.25, -0.2) is 0 Å².